The van der Waals surface area contributed by atoms with Gasteiger partial charge in [0, 0.05) is 7.05 Å². The second-order valence-corrected chi connectivity index (χ2v) is 8.21. The summed E-state index contributed by atoms with van der Waals surface area (Å²) in [5.74, 6) is 0.870. The van der Waals surface area contributed by atoms with E-state index in [2.05, 4.69) is 9.71 Å². The standard InChI is InChI=1S/C13H12ClN3O2S2/c1-8-15-10-7-9(3-4-11(10)17(8)2)16-21(18,19)13-6-5-12(14)20-13/h3-7,16H,1-2H3. The topological polar surface area (TPSA) is 64.0 Å². The highest BCUT2D eigenvalue weighted by atomic mass is 35.5. The predicted molar refractivity (Wildman–Crippen MR) is 85.6 cm³/mol. The van der Waals surface area contributed by atoms with Crippen LogP contribution in [0.25, 0.3) is 11.0 Å². The van der Waals surface area contributed by atoms with Crippen molar-refractivity contribution in [1.29, 1.82) is 0 Å². The molecule has 0 aliphatic heterocycles. The Kier molecular flexibility index (Phi) is 3.43. The number of rotatable bonds is 3. The van der Waals surface area contributed by atoms with E-state index in [1.54, 1.807) is 18.2 Å². The lowest BCUT2D eigenvalue weighted by atomic mass is 10.3. The average molecular weight is 342 g/mol. The van der Waals surface area contributed by atoms with Gasteiger partial charge in [-0.25, -0.2) is 13.4 Å². The lowest BCUT2D eigenvalue weighted by molar-refractivity contribution is 0.603. The van der Waals surface area contributed by atoms with Gasteiger partial charge in [0.05, 0.1) is 21.1 Å². The number of anilines is 1. The van der Waals surface area contributed by atoms with Gasteiger partial charge < -0.3 is 4.57 Å². The lowest BCUT2D eigenvalue weighted by Crippen LogP contribution is -2.11. The van der Waals surface area contributed by atoms with Gasteiger partial charge in [0.1, 0.15) is 10.0 Å². The number of nitrogens with one attached hydrogen (secondary N) is 1. The normalized spacial score (nSPS) is 12.0. The van der Waals surface area contributed by atoms with Crippen molar-refractivity contribution in [2.45, 2.75) is 11.1 Å². The number of aryl methyl sites for hydroxylation is 2. The summed E-state index contributed by atoms with van der Waals surface area (Å²) in [7, 11) is -1.70. The van der Waals surface area contributed by atoms with E-state index in [9.17, 15) is 8.42 Å². The van der Waals surface area contributed by atoms with E-state index in [4.69, 9.17) is 11.6 Å². The molecule has 2 heterocycles. The van der Waals surface area contributed by atoms with E-state index in [1.807, 2.05) is 24.6 Å². The van der Waals surface area contributed by atoms with Crippen molar-refractivity contribution < 1.29 is 8.42 Å². The molecule has 0 bridgehead atoms. The first-order chi connectivity index (χ1) is 9.87. The first kappa shape index (κ1) is 14.4. The smallest absolute Gasteiger partial charge is 0.271 e. The van der Waals surface area contributed by atoms with E-state index in [0.29, 0.717) is 10.0 Å². The zero-order valence-electron chi connectivity index (χ0n) is 11.3. The van der Waals surface area contributed by atoms with Crippen LogP contribution in [0.4, 0.5) is 5.69 Å². The van der Waals surface area contributed by atoms with Crippen LogP contribution >= 0.6 is 22.9 Å². The van der Waals surface area contributed by atoms with E-state index in [1.165, 1.54) is 6.07 Å². The molecule has 0 saturated heterocycles. The van der Waals surface area contributed by atoms with Crippen LogP contribution in [0, 0.1) is 6.92 Å². The summed E-state index contributed by atoms with van der Waals surface area (Å²) in [5, 5.41) is 0. The first-order valence-electron chi connectivity index (χ1n) is 6.08. The zero-order valence-corrected chi connectivity index (χ0v) is 13.7. The first-order valence-corrected chi connectivity index (χ1v) is 8.76. The Bertz CT molecular complexity index is 928. The van der Waals surface area contributed by atoms with Crippen LogP contribution < -0.4 is 4.72 Å². The van der Waals surface area contributed by atoms with Crippen LogP contribution in [0.3, 0.4) is 0 Å². The second-order valence-electron chi connectivity index (χ2n) is 4.59. The molecule has 8 heteroatoms. The molecule has 3 aromatic rings. The number of aromatic nitrogens is 2. The summed E-state index contributed by atoms with van der Waals surface area (Å²) in [6.45, 7) is 1.90. The highest BCUT2D eigenvalue weighted by Crippen LogP contribution is 2.28. The summed E-state index contributed by atoms with van der Waals surface area (Å²) >= 11 is 6.80. The summed E-state index contributed by atoms with van der Waals surface area (Å²) in [6, 6.07) is 8.32. The number of benzene rings is 1. The zero-order chi connectivity index (χ0) is 15.2. The monoisotopic (exact) mass is 341 g/mol. The molecule has 0 fully saturated rings. The third-order valence-electron chi connectivity index (χ3n) is 3.17. The molecular formula is C13H12ClN3O2S2. The summed E-state index contributed by atoms with van der Waals surface area (Å²) in [6.07, 6.45) is 0. The van der Waals surface area contributed by atoms with E-state index < -0.39 is 10.0 Å². The average Bonchev–Trinajstić information content (AvgIpc) is 2.95. The van der Waals surface area contributed by atoms with Crippen molar-refractivity contribution in [3.05, 3.63) is 40.5 Å². The lowest BCUT2D eigenvalue weighted by Gasteiger charge is -2.06. The fourth-order valence-electron chi connectivity index (χ4n) is 2.03. The van der Waals surface area contributed by atoms with Crippen molar-refractivity contribution in [2.75, 3.05) is 4.72 Å². The van der Waals surface area contributed by atoms with Crippen LogP contribution in [0.1, 0.15) is 5.82 Å². The van der Waals surface area contributed by atoms with Gasteiger partial charge in [-0.2, -0.15) is 0 Å². The SMILES string of the molecule is Cc1nc2cc(NS(=O)(=O)c3ccc(Cl)s3)ccc2n1C. The molecule has 0 radical (unpaired) electrons. The maximum absolute atomic E-state index is 12.2. The van der Waals surface area contributed by atoms with Gasteiger partial charge in [-0.15, -0.1) is 11.3 Å². The fourth-order valence-corrected chi connectivity index (χ4v) is 4.56. The number of nitrogens with zero attached hydrogens (tertiary/aromatic N) is 2. The maximum Gasteiger partial charge on any atom is 0.271 e. The quantitative estimate of drug-likeness (QED) is 0.794. The molecule has 21 heavy (non-hydrogen) atoms. The minimum atomic E-state index is -3.61. The van der Waals surface area contributed by atoms with Crippen molar-refractivity contribution in [2.24, 2.45) is 7.05 Å². The maximum atomic E-state index is 12.2. The molecule has 110 valence electrons. The van der Waals surface area contributed by atoms with Gasteiger partial charge in [0.25, 0.3) is 10.0 Å². The summed E-state index contributed by atoms with van der Waals surface area (Å²) in [5.41, 5.74) is 2.18. The van der Waals surface area contributed by atoms with Crippen molar-refractivity contribution in [1.82, 2.24) is 9.55 Å². The molecule has 0 aliphatic carbocycles. The molecular weight excluding hydrogens is 330 g/mol. The second kappa shape index (κ2) is 5.01. The number of halogens is 1. The van der Waals surface area contributed by atoms with Gasteiger partial charge in [0.2, 0.25) is 0 Å². The Morgan fingerprint density at radius 3 is 2.71 bits per heavy atom. The van der Waals surface area contributed by atoms with Gasteiger partial charge in [0.15, 0.2) is 0 Å². The molecule has 0 spiro atoms. The van der Waals surface area contributed by atoms with Crippen LogP contribution in [0.15, 0.2) is 34.5 Å². The third kappa shape index (κ3) is 2.64. The van der Waals surface area contributed by atoms with Gasteiger partial charge >= 0.3 is 0 Å². The Morgan fingerprint density at radius 2 is 2.05 bits per heavy atom. The summed E-state index contributed by atoms with van der Waals surface area (Å²) in [4.78, 5) is 4.39. The number of imidazole rings is 1. The van der Waals surface area contributed by atoms with Gasteiger partial charge in [-0.05, 0) is 37.3 Å². The molecule has 1 aromatic carbocycles. The largest absolute Gasteiger partial charge is 0.331 e. The number of hydrogen-bond donors (Lipinski definition) is 1. The molecule has 0 saturated carbocycles. The number of hydrogen-bond acceptors (Lipinski definition) is 4. The Morgan fingerprint density at radius 1 is 1.29 bits per heavy atom. The minimum absolute atomic E-state index is 0.185. The molecule has 0 unspecified atom stereocenters. The van der Waals surface area contributed by atoms with Gasteiger partial charge in [-0.3, -0.25) is 4.72 Å². The van der Waals surface area contributed by atoms with Crippen molar-refractivity contribution in [3.63, 3.8) is 0 Å². The molecule has 5 nitrogen and oxygen atoms in total. The summed E-state index contributed by atoms with van der Waals surface area (Å²) < 4.78 is 29.6. The van der Waals surface area contributed by atoms with Gasteiger partial charge in [-0.1, -0.05) is 11.6 Å². The Hall–Kier alpha value is -1.57. The molecule has 3 rings (SSSR count). The molecule has 0 amide bonds. The third-order valence-corrected chi connectivity index (χ3v) is 6.27. The number of sulfonamides is 1. The number of fused-ring (bicyclic) bond motifs is 1. The predicted octanol–water partition coefficient (Wildman–Crippen LogP) is 3.40. The van der Waals surface area contributed by atoms with E-state index in [-0.39, 0.29) is 4.21 Å². The Labute approximate surface area is 131 Å². The highest BCUT2D eigenvalue weighted by Gasteiger charge is 2.17. The van der Waals surface area contributed by atoms with Crippen LogP contribution in [0.5, 0.6) is 0 Å². The van der Waals surface area contributed by atoms with Crippen LogP contribution in [-0.2, 0) is 17.1 Å². The van der Waals surface area contributed by atoms with Crippen LogP contribution in [0.2, 0.25) is 4.34 Å². The fraction of sp³-hybridized carbons (Fsp3) is 0.154. The molecule has 0 atom stereocenters. The van der Waals surface area contributed by atoms with E-state index >= 15 is 0 Å². The number of thiophene rings is 1. The molecule has 2 aromatic heterocycles. The van der Waals surface area contributed by atoms with Crippen molar-refractivity contribution >= 4 is 49.7 Å². The Balaban J connectivity index is 1.98. The van der Waals surface area contributed by atoms with Crippen LogP contribution in [-0.4, -0.2) is 18.0 Å². The highest BCUT2D eigenvalue weighted by molar-refractivity contribution is 7.94. The van der Waals surface area contributed by atoms with E-state index in [0.717, 1.165) is 28.2 Å². The minimum Gasteiger partial charge on any atom is -0.331 e. The van der Waals surface area contributed by atoms with Crippen molar-refractivity contribution in [3.8, 4) is 0 Å². The molecule has 1 N–H and O–H groups in total. The molecule has 0 aliphatic rings.